The second kappa shape index (κ2) is 7.28. The number of anilines is 1. The summed E-state index contributed by atoms with van der Waals surface area (Å²) < 4.78 is 28.3. The second-order valence-corrected chi connectivity index (χ2v) is 10.5. The summed E-state index contributed by atoms with van der Waals surface area (Å²) in [6, 6.07) is 11.0. The fourth-order valence-electron chi connectivity index (χ4n) is 4.00. The molecule has 5 nitrogen and oxygen atoms in total. The zero-order chi connectivity index (χ0) is 19.0. The van der Waals surface area contributed by atoms with Gasteiger partial charge >= 0.3 is 0 Å². The molecule has 3 heterocycles. The fraction of sp³-hybridized carbons (Fsp3) is 0.450. The van der Waals surface area contributed by atoms with Crippen molar-refractivity contribution in [1.82, 2.24) is 4.90 Å². The molecule has 0 bridgehead atoms. The molecule has 0 aliphatic carbocycles. The Bertz CT molecular complexity index is 946. The van der Waals surface area contributed by atoms with E-state index in [0.29, 0.717) is 4.21 Å². The second-order valence-electron chi connectivity index (χ2n) is 7.32. The van der Waals surface area contributed by atoms with E-state index in [4.69, 9.17) is 0 Å². The summed E-state index contributed by atoms with van der Waals surface area (Å²) in [6.45, 7) is 3.57. The van der Waals surface area contributed by atoms with Gasteiger partial charge in [0.05, 0.1) is 12.1 Å². The van der Waals surface area contributed by atoms with Crippen LogP contribution in [0.3, 0.4) is 0 Å². The molecular weight excluding hydrogens is 380 g/mol. The third kappa shape index (κ3) is 3.50. The van der Waals surface area contributed by atoms with Crippen LogP contribution >= 0.6 is 11.3 Å². The summed E-state index contributed by atoms with van der Waals surface area (Å²) in [5, 5.41) is 0. The first kappa shape index (κ1) is 18.5. The number of nitrogens with zero attached hydrogens (tertiary/aromatic N) is 2. The maximum absolute atomic E-state index is 13.2. The van der Waals surface area contributed by atoms with Crippen molar-refractivity contribution in [2.75, 3.05) is 17.4 Å². The van der Waals surface area contributed by atoms with E-state index in [-0.39, 0.29) is 18.4 Å². The number of piperidine rings is 1. The Labute approximate surface area is 164 Å². The van der Waals surface area contributed by atoms with Gasteiger partial charge < -0.3 is 4.90 Å². The smallest absolute Gasteiger partial charge is 0.274 e. The molecule has 0 N–H and O–H groups in total. The molecular formula is C20H24N2O3S2. The summed E-state index contributed by atoms with van der Waals surface area (Å²) in [4.78, 5) is 15.2. The molecule has 1 fully saturated rings. The standard InChI is InChI=1S/C20H24N2O3S2/c1-15-13-16-7-3-4-8-18(16)22(15)27(24,25)20-10-9-17(26-20)14-19(23)21-11-5-2-6-12-21/h3-4,7-10,15H,2,5-6,11-14H2,1H3/t15-/m1/s1. The third-order valence-corrected chi connectivity index (χ3v) is 8.81. The van der Waals surface area contributed by atoms with Crippen molar-refractivity contribution < 1.29 is 13.2 Å². The third-order valence-electron chi connectivity index (χ3n) is 5.33. The van der Waals surface area contributed by atoms with Crippen molar-refractivity contribution in [3.8, 4) is 0 Å². The van der Waals surface area contributed by atoms with Crippen LogP contribution in [0.4, 0.5) is 5.69 Å². The normalized spacial score (nSPS) is 20.0. The lowest BCUT2D eigenvalue weighted by atomic mass is 10.1. The van der Waals surface area contributed by atoms with Crippen molar-refractivity contribution in [2.45, 2.75) is 49.3 Å². The molecule has 1 amide bonds. The predicted octanol–water partition coefficient (Wildman–Crippen LogP) is 3.44. The average molecular weight is 405 g/mol. The van der Waals surface area contributed by atoms with Crippen molar-refractivity contribution in [3.63, 3.8) is 0 Å². The fourth-order valence-corrected chi connectivity index (χ4v) is 7.13. The van der Waals surface area contributed by atoms with Crippen LogP contribution in [0.25, 0.3) is 0 Å². The molecule has 1 aromatic carbocycles. The van der Waals surface area contributed by atoms with E-state index in [1.165, 1.54) is 22.1 Å². The zero-order valence-corrected chi connectivity index (χ0v) is 17.1. The molecule has 27 heavy (non-hydrogen) atoms. The first-order chi connectivity index (χ1) is 13.0. The van der Waals surface area contributed by atoms with Gasteiger partial charge in [-0.25, -0.2) is 8.42 Å². The summed E-state index contributed by atoms with van der Waals surface area (Å²) in [5.74, 6) is 0.0976. The van der Waals surface area contributed by atoms with Crippen molar-refractivity contribution in [2.24, 2.45) is 0 Å². The van der Waals surface area contributed by atoms with Crippen LogP contribution in [-0.2, 0) is 27.7 Å². The zero-order valence-electron chi connectivity index (χ0n) is 15.4. The Balaban J connectivity index is 1.55. The summed E-state index contributed by atoms with van der Waals surface area (Å²) in [7, 11) is -3.61. The van der Waals surface area contributed by atoms with Crippen LogP contribution in [-0.4, -0.2) is 38.4 Å². The molecule has 144 valence electrons. The summed E-state index contributed by atoms with van der Waals surface area (Å²) >= 11 is 1.22. The monoisotopic (exact) mass is 404 g/mol. The summed E-state index contributed by atoms with van der Waals surface area (Å²) in [6.07, 6.45) is 4.30. The van der Waals surface area contributed by atoms with E-state index in [2.05, 4.69) is 0 Å². The minimum atomic E-state index is -3.61. The topological polar surface area (TPSA) is 57.7 Å². The number of sulfonamides is 1. The molecule has 2 aliphatic heterocycles. The number of rotatable bonds is 4. The van der Waals surface area contributed by atoms with E-state index in [1.807, 2.05) is 36.1 Å². The van der Waals surface area contributed by atoms with E-state index < -0.39 is 10.0 Å². The minimum Gasteiger partial charge on any atom is -0.342 e. The Kier molecular flexibility index (Phi) is 4.99. The van der Waals surface area contributed by atoms with Crippen molar-refractivity contribution in [3.05, 3.63) is 46.8 Å². The number of hydrogen-bond donors (Lipinski definition) is 0. The van der Waals surface area contributed by atoms with Gasteiger partial charge in [0.1, 0.15) is 4.21 Å². The number of para-hydroxylation sites is 1. The first-order valence-corrected chi connectivity index (χ1v) is 11.7. The lowest BCUT2D eigenvalue weighted by Gasteiger charge is -2.26. The molecule has 7 heteroatoms. The van der Waals surface area contributed by atoms with Crippen LogP contribution in [0.5, 0.6) is 0 Å². The largest absolute Gasteiger partial charge is 0.342 e. The maximum atomic E-state index is 13.2. The van der Waals surface area contributed by atoms with E-state index in [1.54, 1.807) is 12.1 Å². The number of hydrogen-bond acceptors (Lipinski definition) is 4. The lowest BCUT2D eigenvalue weighted by Crippen LogP contribution is -2.36. The van der Waals surface area contributed by atoms with Gasteiger partial charge in [0, 0.05) is 24.0 Å². The molecule has 0 spiro atoms. The van der Waals surface area contributed by atoms with Gasteiger partial charge in [0.2, 0.25) is 5.91 Å². The van der Waals surface area contributed by atoms with E-state index in [0.717, 1.165) is 48.5 Å². The SMILES string of the molecule is C[C@@H]1Cc2ccccc2N1S(=O)(=O)c1ccc(CC(=O)N2CCCCC2)s1. The average Bonchev–Trinajstić information content (AvgIpc) is 3.26. The number of amides is 1. The number of likely N-dealkylation sites (tertiary alicyclic amines) is 1. The van der Waals surface area contributed by atoms with Gasteiger partial charge in [-0.15, -0.1) is 11.3 Å². The molecule has 1 aromatic heterocycles. The highest BCUT2D eigenvalue weighted by atomic mass is 32.2. The highest BCUT2D eigenvalue weighted by Gasteiger charge is 2.36. The molecule has 0 unspecified atom stereocenters. The highest BCUT2D eigenvalue weighted by Crippen LogP contribution is 2.38. The van der Waals surface area contributed by atoms with Crippen LogP contribution in [0.1, 0.15) is 36.6 Å². The van der Waals surface area contributed by atoms with Crippen LogP contribution < -0.4 is 4.31 Å². The number of thiophene rings is 1. The van der Waals surface area contributed by atoms with Crippen LogP contribution in [0.15, 0.2) is 40.6 Å². The van der Waals surface area contributed by atoms with E-state index >= 15 is 0 Å². The molecule has 0 radical (unpaired) electrons. The van der Waals surface area contributed by atoms with Gasteiger partial charge in [-0.2, -0.15) is 0 Å². The van der Waals surface area contributed by atoms with Gasteiger partial charge in [-0.05, 0) is 56.4 Å². The maximum Gasteiger partial charge on any atom is 0.274 e. The molecule has 2 aromatic rings. The molecule has 4 rings (SSSR count). The van der Waals surface area contributed by atoms with Gasteiger partial charge in [0.25, 0.3) is 10.0 Å². The Hall–Kier alpha value is -1.86. The molecule has 1 saturated heterocycles. The minimum absolute atomic E-state index is 0.0976. The van der Waals surface area contributed by atoms with Crippen LogP contribution in [0, 0.1) is 0 Å². The van der Waals surface area contributed by atoms with Gasteiger partial charge in [0.15, 0.2) is 0 Å². The van der Waals surface area contributed by atoms with Crippen molar-refractivity contribution in [1.29, 1.82) is 0 Å². The summed E-state index contributed by atoms with van der Waals surface area (Å²) in [5.41, 5.74) is 1.83. The number of fused-ring (bicyclic) bond motifs is 1. The first-order valence-electron chi connectivity index (χ1n) is 9.45. The van der Waals surface area contributed by atoms with E-state index in [9.17, 15) is 13.2 Å². The molecule has 2 aliphatic rings. The van der Waals surface area contributed by atoms with Gasteiger partial charge in [-0.1, -0.05) is 18.2 Å². The Morgan fingerprint density at radius 3 is 2.63 bits per heavy atom. The van der Waals surface area contributed by atoms with Crippen molar-refractivity contribution >= 4 is 33.0 Å². The number of benzene rings is 1. The Morgan fingerprint density at radius 1 is 1.11 bits per heavy atom. The highest BCUT2D eigenvalue weighted by molar-refractivity contribution is 7.94. The molecule has 1 atom stereocenters. The van der Waals surface area contributed by atoms with Gasteiger partial charge in [-0.3, -0.25) is 9.10 Å². The lowest BCUT2D eigenvalue weighted by molar-refractivity contribution is -0.131. The predicted molar refractivity (Wildman–Crippen MR) is 108 cm³/mol. The molecule has 0 saturated carbocycles. The van der Waals surface area contributed by atoms with Crippen LogP contribution in [0.2, 0.25) is 0 Å². The number of carbonyl (C=O) groups is 1. The number of carbonyl (C=O) groups excluding carboxylic acids is 1. The quantitative estimate of drug-likeness (QED) is 0.784. The Morgan fingerprint density at radius 2 is 1.85 bits per heavy atom.